The maximum Gasteiger partial charge on any atom is 0.162 e. The summed E-state index contributed by atoms with van der Waals surface area (Å²) in [6.07, 6.45) is 5.17. The fraction of sp³-hybridized carbons (Fsp3) is 0.364. The Morgan fingerprint density at radius 1 is 0.920 bits per heavy atom. The van der Waals surface area contributed by atoms with Gasteiger partial charge in [0, 0.05) is 17.0 Å². The summed E-state index contributed by atoms with van der Waals surface area (Å²) in [5.41, 5.74) is 3.31. The van der Waals surface area contributed by atoms with Gasteiger partial charge in [0.05, 0.1) is 5.52 Å². The molecule has 0 saturated heterocycles. The van der Waals surface area contributed by atoms with E-state index in [1.165, 1.54) is 31.2 Å². The maximum atomic E-state index is 4.91. The van der Waals surface area contributed by atoms with Crippen molar-refractivity contribution in [2.24, 2.45) is 5.92 Å². The third-order valence-electron chi connectivity index (χ3n) is 5.35. The number of rotatable bonds is 3. The zero-order valence-electron chi connectivity index (χ0n) is 15.0. The van der Waals surface area contributed by atoms with E-state index >= 15 is 0 Å². The van der Waals surface area contributed by atoms with Crippen molar-refractivity contribution in [3.8, 4) is 11.4 Å². The lowest BCUT2D eigenvalue weighted by molar-refractivity contribution is 0.349. The molecule has 1 aromatic heterocycles. The molecule has 128 valence electrons. The molecule has 0 bridgehead atoms. The van der Waals surface area contributed by atoms with E-state index in [9.17, 15) is 0 Å². The Morgan fingerprint density at radius 2 is 1.68 bits per heavy atom. The van der Waals surface area contributed by atoms with Gasteiger partial charge in [0.25, 0.3) is 0 Å². The minimum absolute atomic E-state index is 0.498. The molecule has 0 unspecified atom stereocenters. The number of anilines is 1. The zero-order chi connectivity index (χ0) is 17.2. The Hall–Kier alpha value is -2.42. The van der Waals surface area contributed by atoms with Crippen LogP contribution in [-0.2, 0) is 0 Å². The molecule has 3 aromatic rings. The minimum Gasteiger partial charge on any atom is -0.366 e. The smallest absolute Gasteiger partial charge is 0.162 e. The van der Waals surface area contributed by atoms with Gasteiger partial charge in [-0.15, -0.1) is 0 Å². The summed E-state index contributed by atoms with van der Waals surface area (Å²) in [5, 5.41) is 4.85. The molecule has 2 aromatic carbocycles. The summed E-state index contributed by atoms with van der Waals surface area (Å²) >= 11 is 0. The Morgan fingerprint density at radius 3 is 2.48 bits per heavy atom. The number of benzene rings is 2. The van der Waals surface area contributed by atoms with Gasteiger partial charge in [-0.25, -0.2) is 9.97 Å². The maximum absolute atomic E-state index is 4.91. The largest absolute Gasteiger partial charge is 0.366 e. The second kappa shape index (κ2) is 6.83. The van der Waals surface area contributed by atoms with E-state index in [2.05, 4.69) is 61.6 Å². The fourth-order valence-corrected chi connectivity index (χ4v) is 3.72. The van der Waals surface area contributed by atoms with E-state index in [0.717, 1.165) is 28.1 Å². The Balaban J connectivity index is 1.77. The lowest BCUT2D eigenvalue weighted by atomic mass is 9.86. The number of nitrogens with one attached hydrogen (secondary N) is 1. The molecule has 25 heavy (non-hydrogen) atoms. The Labute approximate surface area is 149 Å². The minimum atomic E-state index is 0.498. The number of aromatic nitrogens is 2. The van der Waals surface area contributed by atoms with Crippen LogP contribution in [0, 0.1) is 12.8 Å². The second-order valence-electron chi connectivity index (χ2n) is 7.29. The van der Waals surface area contributed by atoms with Gasteiger partial charge in [-0.1, -0.05) is 61.7 Å². The molecular weight excluding hydrogens is 306 g/mol. The molecule has 1 heterocycles. The van der Waals surface area contributed by atoms with Gasteiger partial charge in [-0.05, 0) is 37.8 Å². The van der Waals surface area contributed by atoms with Crippen LogP contribution in [0.25, 0.3) is 22.3 Å². The number of hydrogen-bond acceptors (Lipinski definition) is 3. The predicted molar refractivity (Wildman–Crippen MR) is 105 cm³/mol. The monoisotopic (exact) mass is 331 g/mol. The van der Waals surface area contributed by atoms with Crippen LogP contribution in [0.5, 0.6) is 0 Å². The van der Waals surface area contributed by atoms with E-state index in [1.807, 2.05) is 6.07 Å². The third-order valence-corrected chi connectivity index (χ3v) is 5.35. The van der Waals surface area contributed by atoms with Crippen molar-refractivity contribution < 1.29 is 0 Å². The Kier molecular flexibility index (Phi) is 4.39. The van der Waals surface area contributed by atoms with Crippen LogP contribution in [0.2, 0.25) is 0 Å². The molecular formula is C22H25N3. The summed E-state index contributed by atoms with van der Waals surface area (Å²) in [6, 6.07) is 17.2. The second-order valence-corrected chi connectivity index (χ2v) is 7.29. The first-order chi connectivity index (χ1) is 12.2. The number of aryl methyl sites for hydroxylation is 1. The van der Waals surface area contributed by atoms with Crippen molar-refractivity contribution in [2.45, 2.75) is 45.6 Å². The van der Waals surface area contributed by atoms with Gasteiger partial charge >= 0.3 is 0 Å². The highest BCUT2D eigenvalue weighted by Gasteiger charge is 2.22. The summed E-state index contributed by atoms with van der Waals surface area (Å²) in [6.45, 7) is 4.45. The van der Waals surface area contributed by atoms with Crippen molar-refractivity contribution in [3.63, 3.8) is 0 Å². The van der Waals surface area contributed by atoms with Gasteiger partial charge in [-0.3, -0.25) is 0 Å². The first-order valence-electron chi connectivity index (χ1n) is 9.31. The molecule has 1 aliphatic rings. The average Bonchev–Trinajstić information content (AvgIpc) is 2.64. The Bertz CT molecular complexity index is 870. The number of hydrogen-bond donors (Lipinski definition) is 1. The zero-order valence-corrected chi connectivity index (χ0v) is 15.0. The summed E-state index contributed by atoms with van der Waals surface area (Å²) in [4.78, 5) is 9.70. The average molecular weight is 331 g/mol. The van der Waals surface area contributed by atoms with E-state index in [0.29, 0.717) is 12.0 Å². The van der Waals surface area contributed by atoms with Gasteiger partial charge in [0.2, 0.25) is 0 Å². The van der Waals surface area contributed by atoms with E-state index in [-0.39, 0.29) is 0 Å². The van der Waals surface area contributed by atoms with E-state index < -0.39 is 0 Å². The molecule has 1 N–H and O–H groups in total. The van der Waals surface area contributed by atoms with E-state index in [1.54, 1.807) is 0 Å². The highest BCUT2D eigenvalue weighted by molar-refractivity contribution is 5.90. The predicted octanol–water partition coefficient (Wildman–Crippen LogP) is 5.60. The lowest BCUT2D eigenvalue weighted by Gasteiger charge is -2.30. The molecule has 0 amide bonds. The van der Waals surface area contributed by atoms with Crippen molar-refractivity contribution in [1.82, 2.24) is 9.97 Å². The van der Waals surface area contributed by atoms with Gasteiger partial charge in [0.1, 0.15) is 5.82 Å². The molecule has 0 spiro atoms. The molecule has 2 atom stereocenters. The van der Waals surface area contributed by atoms with Crippen molar-refractivity contribution in [2.75, 3.05) is 5.32 Å². The molecule has 3 nitrogen and oxygen atoms in total. The van der Waals surface area contributed by atoms with Crippen LogP contribution in [0.1, 0.15) is 38.2 Å². The summed E-state index contributed by atoms with van der Waals surface area (Å²) in [5.74, 6) is 2.45. The molecule has 3 heteroatoms. The third kappa shape index (κ3) is 3.37. The number of fused-ring (bicyclic) bond motifs is 1. The molecule has 0 aliphatic heterocycles. The normalized spacial score (nSPS) is 20.6. The highest BCUT2D eigenvalue weighted by Crippen LogP contribution is 2.30. The number of nitrogens with zero attached hydrogens (tertiary/aromatic N) is 2. The van der Waals surface area contributed by atoms with Gasteiger partial charge < -0.3 is 5.32 Å². The first kappa shape index (κ1) is 16.1. The van der Waals surface area contributed by atoms with Crippen LogP contribution in [0.3, 0.4) is 0 Å². The van der Waals surface area contributed by atoms with Gasteiger partial charge in [0.15, 0.2) is 5.82 Å². The quantitative estimate of drug-likeness (QED) is 0.679. The molecule has 1 aliphatic carbocycles. The van der Waals surface area contributed by atoms with E-state index in [4.69, 9.17) is 9.97 Å². The van der Waals surface area contributed by atoms with Crippen LogP contribution < -0.4 is 5.32 Å². The van der Waals surface area contributed by atoms with Crippen molar-refractivity contribution in [3.05, 3.63) is 54.1 Å². The van der Waals surface area contributed by atoms with Crippen LogP contribution in [0.4, 0.5) is 5.82 Å². The SMILES string of the molecule is Cc1ccc(-c2nc(N[C@@H]3CCCC[C@H]3C)c3ccccc3n2)cc1. The van der Waals surface area contributed by atoms with Gasteiger partial charge in [-0.2, -0.15) is 0 Å². The summed E-state index contributed by atoms with van der Waals surface area (Å²) < 4.78 is 0. The lowest BCUT2D eigenvalue weighted by Crippen LogP contribution is -2.30. The first-order valence-corrected chi connectivity index (χ1v) is 9.31. The molecule has 4 rings (SSSR count). The standard InChI is InChI=1S/C22H25N3/c1-15-11-13-17(14-12-15)21-24-20-10-6-4-8-18(20)22(25-21)23-19-9-5-3-7-16(19)2/h4,6,8,10-14,16,19H,3,5,7,9H2,1-2H3,(H,23,24,25)/t16-,19-/m1/s1. The summed E-state index contributed by atoms with van der Waals surface area (Å²) in [7, 11) is 0. The number of para-hydroxylation sites is 1. The van der Waals surface area contributed by atoms with Crippen LogP contribution in [-0.4, -0.2) is 16.0 Å². The fourth-order valence-electron chi connectivity index (χ4n) is 3.72. The topological polar surface area (TPSA) is 37.8 Å². The molecule has 0 radical (unpaired) electrons. The van der Waals surface area contributed by atoms with Crippen molar-refractivity contribution >= 4 is 16.7 Å². The highest BCUT2D eigenvalue weighted by atomic mass is 15.1. The molecule has 1 saturated carbocycles. The van der Waals surface area contributed by atoms with Crippen molar-refractivity contribution in [1.29, 1.82) is 0 Å². The molecule has 1 fully saturated rings. The van der Waals surface area contributed by atoms with Crippen LogP contribution in [0.15, 0.2) is 48.5 Å². The van der Waals surface area contributed by atoms with Crippen LogP contribution >= 0.6 is 0 Å².